The van der Waals surface area contributed by atoms with Crippen LogP contribution < -0.4 is 0 Å². The summed E-state index contributed by atoms with van der Waals surface area (Å²) < 4.78 is 37.5. The Morgan fingerprint density at radius 3 is 2.12 bits per heavy atom. The van der Waals surface area contributed by atoms with Crippen LogP contribution in [-0.4, -0.2) is 38.8 Å². The highest BCUT2D eigenvalue weighted by molar-refractivity contribution is 14.1. The molecule has 0 aromatic carbocycles. The minimum Gasteiger partial charge on any atom is -0.380 e. The number of hydrogen-bond acceptors (Lipinski definition) is 2. The number of carbonyl (C=O) groups excluding carboxylic acids is 1. The van der Waals surface area contributed by atoms with Gasteiger partial charge in [-0.1, -0.05) is 0 Å². The molecule has 0 radical (unpaired) electrons. The van der Waals surface area contributed by atoms with Gasteiger partial charge in [-0.05, 0) is 25.7 Å². The quantitative estimate of drug-likeness (QED) is 0.448. The van der Waals surface area contributed by atoms with E-state index in [-0.39, 0.29) is 29.8 Å². The fourth-order valence-electron chi connectivity index (χ4n) is 1.85. The first-order valence-electron chi connectivity index (χ1n) is 4.89. The molecule has 0 aliphatic carbocycles. The lowest BCUT2D eigenvalue weighted by atomic mass is 9.81. The van der Waals surface area contributed by atoms with E-state index >= 15 is 0 Å². The summed E-state index contributed by atoms with van der Waals surface area (Å²) in [5.41, 5.74) is -2.66. The lowest BCUT2D eigenvalue weighted by molar-refractivity contribution is -0.275. The Morgan fingerprint density at radius 1 is 1.38 bits per heavy atom. The van der Waals surface area contributed by atoms with Crippen molar-refractivity contribution in [2.45, 2.75) is 31.5 Å². The molecule has 1 N–H and O–H groups in total. The summed E-state index contributed by atoms with van der Waals surface area (Å²) in [5, 5.41) is 9.47. The van der Waals surface area contributed by atoms with Gasteiger partial charge in [0.2, 0.25) is 0 Å². The SMILES string of the molecule is CC(O)(C1CCN(C(=O)I)CC1)C(F)(F)F. The van der Waals surface area contributed by atoms with E-state index in [1.165, 1.54) is 4.90 Å². The highest BCUT2D eigenvalue weighted by atomic mass is 127. The number of carbonyl (C=O) groups is 1. The molecule has 1 unspecified atom stereocenters. The summed E-state index contributed by atoms with van der Waals surface area (Å²) in [6, 6.07) is 0. The molecule has 1 amide bonds. The van der Waals surface area contributed by atoms with Crippen molar-refractivity contribution in [2.75, 3.05) is 13.1 Å². The van der Waals surface area contributed by atoms with Gasteiger partial charge in [0.05, 0.1) is 0 Å². The molecule has 0 bridgehead atoms. The van der Waals surface area contributed by atoms with Crippen molar-refractivity contribution in [3.63, 3.8) is 0 Å². The minimum atomic E-state index is -4.62. The molecular weight excluding hydrogens is 338 g/mol. The Hall–Kier alpha value is -0.0500. The first-order valence-corrected chi connectivity index (χ1v) is 5.97. The van der Waals surface area contributed by atoms with Gasteiger partial charge in [-0.3, -0.25) is 4.79 Å². The standard InChI is InChI=1S/C9H13F3INO2/c1-8(16,9(10,11)12)6-2-4-14(5-3-6)7(13)15/h6,16H,2-5H2,1H3. The molecule has 1 aliphatic heterocycles. The van der Waals surface area contributed by atoms with E-state index in [9.17, 15) is 23.1 Å². The van der Waals surface area contributed by atoms with Gasteiger partial charge in [0.15, 0.2) is 5.60 Å². The average Bonchev–Trinajstić information content (AvgIpc) is 2.16. The predicted octanol–water partition coefficient (Wildman–Crippen LogP) is 2.57. The summed E-state index contributed by atoms with van der Waals surface area (Å²) >= 11 is 1.61. The molecule has 16 heavy (non-hydrogen) atoms. The summed E-state index contributed by atoms with van der Waals surface area (Å²) in [5.74, 6) is -0.834. The summed E-state index contributed by atoms with van der Waals surface area (Å²) in [6.45, 7) is 1.36. The molecule has 1 heterocycles. The molecule has 1 saturated heterocycles. The number of piperidine rings is 1. The van der Waals surface area contributed by atoms with Crippen molar-refractivity contribution in [3.05, 3.63) is 0 Å². The van der Waals surface area contributed by atoms with Crippen LogP contribution >= 0.6 is 22.6 Å². The fraction of sp³-hybridized carbons (Fsp3) is 0.889. The van der Waals surface area contributed by atoms with Crippen LogP contribution in [0.2, 0.25) is 0 Å². The van der Waals surface area contributed by atoms with Crippen LogP contribution in [-0.2, 0) is 0 Å². The smallest absolute Gasteiger partial charge is 0.380 e. The Kier molecular flexibility index (Phi) is 4.09. The number of aliphatic hydroxyl groups is 1. The van der Waals surface area contributed by atoms with Crippen molar-refractivity contribution in [2.24, 2.45) is 5.92 Å². The molecule has 94 valence electrons. The highest BCUT2D eigenvalue weighted by Crippen LogP contribution is 2.40. The number of amides is 1. The van der Waals surface area contributed by atoms with E-state index in [1.54, 1.807) is 22.6 Å². The maximum atomic E-state index is 12.5. The van der Waals surface area contributed by atoms with Crippen LogP contribution in [0.3, 0.4) is 0 Å². The zero-order valence-electron chi connectivity index (χ0n) is 8.72. The number of nitrogens with zero attached hydrogens (tertiary/aromatic N) is 1. The zero-order valence-corrected chi connectivity index (χ0v) is 10.9. The topological polar surface area (TPSA) is 40.5 Å². The van der Waals surface area contributed by atoms with Gasteiger partial charge in [-0.2, -0.15) is 13.2 Å². The molecule has 0 saturated carbocycles. The Balaban J connectivity index is 2.63. The number of rotatable bonds is 1. The third-order valence-corrected chi connectivity index (χ3v) is 3.79. The van der Waals surface area contributed by atoms with Gasteiger partial charge in [0.25, 0.3) is 3.91 Å². The van der Waals surface area contributed by atoms with E-state index in [0.717, 1.165) is 6.92 Å². The van der Waals surface area contributed by atoms with Gasteiger partial charge in [-0.15, -0.1) is 0 Å². The van der Waals surface area contributed by atoms with Crippen LogP contribution in [0.4, 0.5) is 18.0 Å². The largest absolute Gasteiger partial charge is 0.417 e. The van der Waals surface area contributed by atoms with Gasteiger partial charge in [-0.25, -0.2) is 0 Å². The third-order valence-electron chi connectivity index (χ3n) is 3.11. The molecule has 1 atom stereocenters. The van der Waals surface area contributed by atoms with Crippen molar-refractivity contribution >= 4 is 26.5 Å². The average molecular weight is 351 g/mol. The molecule has 7 heteroatoms. The second-order valence-corrected chi connectivity index (χ2v) is 5.08. The second-order valence-electron chi connectivity index (χ2n) is 4.16. The van der Waals surface area contributed by atoms with Gasteiger partial charge >= 0.3 is 6.18 Å². The predicted molar refractivity (Wildman–Crippen MR) is 60.4 cm³/mol. The van der Waals surface area contributed by atoms with Crippen LogP contribution in [0.25, 0.3) is 0 Å². The molecule has 0 spiro atoms. The Morgan fingerprint density at radius 2 is 1.81 bits per heavy atom. The minimum absolute atomic E-state index is 0.164. The maximum absolute atomic E-state index is 12.5. The molecule has 3 nitrogen and oxygen atoms in total. The molecule has 0 aromatic rings. The van der Waals surface area contributed by atoms with Crippen molar-refractivity contribution in [1.82, 2.24) is 4.90 Å². The monoisotopic (exact) mass is 351 g/mol. The van der Waals surface area contributed by atoms with Crippen molar-refractivity contribution < 1.29 is 23.1 Å². The maximum Gasteiger partial charge on any atom is 0.417 e. The second kappa shape index (κ2) is 4.67. The molecule has 0 aromatic heterocycles. The fourth-order valence-corrected chi connectivity index (χ4v) is 2.33. The lowest BCUT2D eigenvalue weighted by Crippen LogP contribution is -2.52. The highest BCUT2D eigenvalue weighted by Gasteiger charge is 2.55. The van der Waals surface area contributed by atoms with Crippen molar-refractivity contribution in [3.8, 4) is 0 Å². The number of hydrogen-bond donors (Lipinski definition) is 1. The van der Waals surface area contributed by atoms with Crippen molar-refractivity contribution in [1.29, 1.82) is 0 Å². The number of halogens is 4. The summed E-state index contributed by atoms with van der Waals surface area (Å²) in [7, 11) is 0. The van der Waals surface area contributed by atoms with E-state index < -0.39 is 17.7 Å². The van der Waals surface area contributed by atoms with Gasteiger partial charge < -0.3 is 10.0 Å². The van der Waals surface area contributed by atoms with E-state index in [0.29, 0.717) is 0 Å². The molecular formula is C9H13F3INO2. The first kappa shape index (κ1) is 14.0. The Labute approximate surface area is 105 Å². The van der Waals surface area contributed by atoms with E-state index in [1.807, 2.05) is 0 Å². The molecule has 1 rings (SSSR count). The van der Waals surface area contributed by atoms with Gasteiger partial charge in [0, 0.05) is 35.7 Å². The normalized spacial score (nSPS) is 23.0. The van der Waals surface area contributed by atoms with Crippen LogP contribution in [0.15, 0.2) is 0 Å². The molecule has 1 fully saturated rings. The number of alkyl halides is 3. The summed E-state index contributed by atoms with van der Waals surface area (Å²) in [6.07, 6.45) is -4.25. The lowest BCUT2D eigenvalue weighted by Gasteiger charge is -2.39. The van der Waals surface area contributed by atoms with E-state index in [2.05, 4.69) is 0 Å². The van der Waals surface area contributed by atoms with Crippen LogP contribution in [0.5, 0.6) is 0 Å². The van der Waals surface area contributed by atoms with Crippen LogP contribution in [0, 0.1) is 5.92 Å². The van der Waals surface area contributed by atoms with Crippen LogP contribution in [0.1, 0.15) is 19.8 Å². The Bertz CT molecular complexity index is 272. The third kappa shape index (κ3) is 2.79. The summed E-state index contributed by atoms with van der Waals surface area (Å²) in [4.78, 5) is 12.5. The zero-order chi connectivity index (χ0) is 12.6. The first-order chi connectivity index (χ1) is 7.16. The van der Waals surface area contributed by atoms with E-state index in [4.69, 9.17) is 0 Å². The van der Waals surface area contributed by atoms with Gasteiger partial charge in [0.1, 0.15) is 0 Å². The number of likely N-dealkylation sites (tertiary alicyclic amines) is 1. The molecule has 1 aliphatic rings.